The number of nitrogens with two attached hydrogens (primary N) is 1. The van der Waals surface area contributed by atoms with E-state index in [1.54, 1.807) is 25.3 Å². The van der Waals surface area contributed by atoms with Crippen LogP contribution in [-0.4, -0.2) is 25.0 Å². The lowest BCUT2D eigenvalue weighted by atomic mass is 9.85. The molecule has 1 aromatic carbocycles. The summed E-state index contributed by atoms with van der Waals surface area (Å²) in [5, 5.41) is 6.12. The number of nitrogens with one attached hydrogen (secondary N) is 2. The number of hydrogen-bond donors (Lipinski definition) is 3. The van der Waals surface area contributed by atoms with E-state index in [1.807, 2.05) is 0 Å². The van der Waals surface area contributed by atoms with Crippen molar-refractivity contribution in [1.29, 1.82) is 0 Å². The zero-order valence-electron chi connectivity index (χ0n) is 16.5. The topological polar surface area (TPSA) is 93.5 Å². The van der Waals surface area contributed by atoms with E-state index < -0.39 is 0 Å². The maximum absolute atomic E-state index is 12.5. The van der Waals surface area contributed by atoms with Crippen LogP contribution in [0.3, 0.4) is 0 Å². The van der Waals surface area contributed by atoms with E-state index in [0.717, 1.165) is 25.7 Å². The van der Waals surface area contributed by atoms with Gasteiger partial charge >= 0.3 is 0 Å². The van der Waals surface area contributed by atoms with Gasteiger partial charge in [0.15, 0.2) is 0 Å². The molecule has 28 heavy (non-hydrogen) atoms. The molecule has 1 aromatic rings. The average Bonchev–Trinajstić information content (AvgIpc) is 3.15. The van der Waals surface area contributed by atoms with Crippen LogP contribution in [0, 0.1) is 11.8 Å². The van der Waals surface area contributed by atoms with Crippen molar-refractivity contribution in [2.75, 3.05) is 18.2 Å². The van der Waals surface area contributed by atoms with Gasteiger partial charge in [0.25, 0.3) is 0 Å². The molecule has 2 aliphatic rings. The Morgan fingerprint density at radius 2 is 1.79 bits per heavy atom. The van der Waals surface area contributed by atoms with Gasteiger partial charge in [-0.1, -0.05) is 12.8 Å². The molecule has 0 heterocycles. The molecule has 0 aliphatic heterocycles. The zero-order chi connectivity index (χ0) is 19.2. The van der Waals surface area contributed by atoms with Crippen molar-refractivity contribution in [3.63, 3.8) is 0 Å². The van der Waals surface area contributed by atoms with Gasteiger partial charge in [-0.15, -0.1) is 12.4 Å². The average molecular weight is 410 g/mol. The molecular formula is C21H32ClN3O3. The molecule has 2 aliphatic carbocycles. The fraction of sp³-hybridized carbons (Fsp3) is 0.619. The Balaban J connectivity index is 0.00000280. The molecule has 0 spiro atoms. The van der Waals surface area contributed by atoms with Gasteiger partial charge in [-0.25, -0.2) is 0 Å². The maximum atomic E-state index is 12.5. The number of rotatable bonds is 6. The Morgan fingerprint density at radius 1 is 1.11 bits per heavy atom. The highest BCUT2D eigenvalue weighted by Crippen LogP contribution is 2.30. The smallest absolute Gasteiger partial charge is 0.227 e. The molecule has 0 saturated heterocycles. The van der Waals surface area contributed by atoms with Crippen molar-refractivity contribution >= 4 is 35.6 Å². The first-order chi connectivity index (χ1) is 13.0. The lowest BCUT2D eigenvalue weighted by Crippen LogP contribution is -2.40. The molecule has 6 nitrogen and oxygen atoms in total. The van der Waals surface area contributed by atoms with Gasteiger partial charge in [-0.2, -0.15) is 0 Å². The second-order valence-corrected chi connectivity index (χ2v) is 7.92. The van der Waals surface area contributed by atoms with Crippen molar-refractivity contribution in [1.82, 2.24) is 5.32 Å². The Bertz CT molecular complexity index is 669. The van der Waals surface area contributed by atoms with E-state index in [1.165, 1.54) is 25.7 Å². The van der Waals surface area contributed by atoms with Crippen LogP contribution in [0.5, 0.6) is 5.75 Å². The first kappa shape index (κ1) is 22.3. The summed E-state index contributed by atoms with van der Waals surface area (Å²) in [5.41, 5.74) is 7.08. The highest BCUT2D eigenvalue weighted by molar-refractivity contribution is 5.93. The molecule has 7 heteroatoms. The minimum atomic E-state index is -0.0173. The largest absolute Gasteiger partial charge is 0.495 e. The summed E-state index contributed by atoms with van der Waals surface area (Å²) in [7, 11) is 1.56. The van der Waals surface area contributed by atoms with Crippen LogP contribution in [0.25, 0.3) is 0 Å². The van der Waals surface area contributed by atoms with E-state index in [-0.39, 0.29) is 36.2 Å². The molecule has 0 bridgehead atoms. The summed E-state index contributed by atoms with van der Waals surface area (Å²) >= 11 is 0. The predicted molar refractivity (Wildman–Crippen MR) is 114 cm³/mol. The number of ether oxygens (including phenoxy) is 1. The lowest BCUT2D eigenvalue weighted by Gasteiger charge is -2.28. The fourth-order valence-corrected chi connectivity index (χ4v) is 4.32. The highest BCUT2D eigenvalue weighted by Gasteiger charge is 2.28. The standard InChI is InChI=1S/C21H31N3O3.ClH/c1-27-19-11-10-17(13-18(19)22)24-21(26)15-6-8-16(9-7-15)23-20(25)12-14-4-2-3-5-14;/h10-11,13-16H,2-9,12,22H2,1H3,(H,23,25)(H,24,26);1H. The van der Waals surface area contributed by atoms with E-state index in [0.29, 0.717) is 29.5 Å². The molecule has 156 valence electrons. The Hall–Kier alpha value is -1.95. The first-order valence-electron chi connectivity index (χ1n) is 10.1. The lowest BCUT2D eigenvalue weighted by molar-refractivity contribution is -0.123. The Labute approximate surface area is 173 Å². The van der Waals surface area contributed by atoms with Gasteiger partial charge < -0.3 is 21.1 Å². The second-order valence-electron chi connectivity index (χ2n) is 7.92. The summed E-state index contributed by atoms with van der Waals surface area (Å²) in [5.74, 6) is 1.36. The van der Waals surface area contributed by atoms with Crippen LogP contribution in [0.15, 0.2) is 18.2 Å². The number of carbonyl (C=O) groups excluding carboxylic acids is 2. The molecule has 2 fully saturated rings. The molecule has 0 radical (unpaired) electrons. The van der Waals surface area contributed by atoms with E-state index >= 15 is 0 Å². The van der Waals surface area contributed by atoms with Gasteiger partial charge in [0, 0.05) is 24.1 Å². The molecule has 4 N–H and O–H groups in total. The van der Waals surface area contributed by atoms with Crippen molar-refractivity contribution < 1.29 is 14.3 Å². The Morgan fingerprint density at radius 3 is 2.39 bits per heavy atom. The van der Waals surface area contributed by atoms with Crippen molar-refractivity contribution in [2.24, 2.45) is 11.8 Å². The van der Waals surface area contributed by atoms with Crippen LogP contribution < -0.4 is 21.1 Å². The number of nitrogen functional groups attached to an aromatic ring is 1. The molecule has 0 aromatic heterocycles. The van der Waals surface area contributed by atoms with Crippen LogP contribution >= 0.6 is 12.4 Å². The molecule has 2 saturated carbocycles. The summed E-state index contributed by atoms with van der Waals surface area (Å²) in [6, 6.07) is 5.47. The van der Waals surface area contributed by atoms with Crippen molar-refractivity contribution in [3.05, 3.63) is 18.2 Å². The van der Waals surface area contributed by atoms with Gasteiger partial charge in [-0.3, -0.25) is 9.59 Å². The SMILES string of the molecule is COc1ccc(NC(=O)C2CCC(NC(=O)CC3CCCC3)CC2)cc1N.Cl. The number of methoxy groups -OCH3 is 1. The number of anilines is 2. The third-order valence-electron chi connectivity index (χ3n) is 5.91. The van der Waals surface area contributed by atoms with Gasteiger partial charge in [0.1, 0.15) is 5.75 Å². The summed E-state index contributed by atoms with van der Waals surface area (Å²) in [4.78, 5) is 24.7. The number of halogens is 1. The summed E-state index contributed by atoms with van der Waals surface area (Å²) < 4.78 is 5.13. The zero-order valence-corrected chi connectivity index (χ0v) is 17.4. The molecule has 2 amide bonds. The van der Waals surface area contributed by atoms with Crippen LogP contribution in [0.2, 0.25) is 0 Å². The Kier molecular flexibility index (Phi) is 8.42. The van der Waals surface area contributed by atoms with E-state index in [4.69, 9.17) is 10.5 Å². The van der Waals surface area contributed by atoms with Gasteiger partial charge in [0.05, 0.1) is 12.8 Å². The third kappa shape index (κ3) is 6.03. The van der Waals surface area contributed by atoms with Crippen molar-refractivity contribution in [2.45, 2.75) is 63.8 Å². The van der Waals surface area contributed by atoms with E-state index in [2.05, 4.69) is 10.6 Å². The number of amides is 2. The van der Waals surface area contributed by atoms with E-state index in [9.17, 15) is 9.59 Å². The van der Waals surface area contributed by atoms with Gasteiger partial charge in [0.2, 0.25) is 11.8 Å². The minimum absolute atomic E-state index is 0. The fourth-order valence-electron chi connectivity index (χ4n) is 4.32. The van der Waals surface area contributed by atoms with Crippen LogP contribution in [0.1, 0.15) is 57.8 Å². The molecule has 3 rings (SSSR count). The minimum Gasteiger partial charge on any atom is -0.495 e. The molecule has 0 atom stereocenters. The third-order valence-corrected chi connectivity index (χ3v) is 5.91. The number of hydrogen-bond acceptors (Lipinski definition) is 4. The van der Waals surface area contributed by atoms with Crippen molar-refractivity contribution in [3.8, 4) is 5.75 Å². The van der Waals surface area contributed by atoms with Crippen LogP contribution in [0.4, 0.5) is 11.4 Å². The van der Waals surface area contributed by atoms with Crippen LogP contribution in [-0.2, 0) is 9.59 Å². The normalized spacial score (nSPS) is 22.2. The summed E-state index contributed by atoms with van der Waals surface area (Å²) in [6.45, 7) is 0. The summed E-state index contributed by atoms with van der Waals surface area (Å²) in [6.07, 6.45) is 8.89. The predicted octanol–water partition coefficient (Wildman–Crippen LogP) is 3.89. The highest BCUT2D eigenvalue weighted by atomic mass is 35.5. The maximum Gasteiger partial charge on any atom is 0.227 e. The van der Waals surface area contributed by atoms with Gasteiger partial charge in [-0.05, 0) is 62.6 Å². The number of benzene rings is 1. The quantitative estimate of drug-likeness (QED) is 0.621. The second kappa shape index (κ2) is 10.6. The molecular weight excluding hydrogens is 378 g/mol. The number of carbonyl (C=O) groups is 2. The molecule has 0 unspecified atom stereocenters. The monoisotopic (exact) mass is 409 g/mol. The first-order valence-corrected chi connectivity index (χ1v) is 10.1.